The Labute approximate surface area is 184 Å². The Kier molecular flexibility index (Phi) is 8.36. The highest BCUT2D eigenvalue weighted by Gasteiger charge is 2.32. The number of rotatable bonds is 9. The maximum atomic E-state index is 12.9. The van der Waals surface area contributed by atoms with Gasteiger partial charge in [-0.3, -0.25) is 4.79 Å². The number of sulfonamides is 1. The zero-order chi connectivity index (χ0) is 21.4. The monoisotopic (exact) mass is 446 g/mol. The van der Waals surface area contributed by atoms with E-state index in [-0.39, 0.29) is 24.1 Å². The van der Waals surface area contributed by atoms with E-state index >= 15 is 0 Å². The number of para-hydroxylation sites is 1. The van der Waals surface area contributed by atoms with Crippen LogP contribution in [0.25, 0.3) is 0 Å². The number of amides is 1. The molecule has 1 N–H and O–H groups in total. The van der Waals surface area contributed by atoms with Crippen molar-refractivity contribution in [3.8, 4) is 0 Å². The number of carbonyl (C=O) groups excluding carboxylic acids is 1. The number of anilines is 1. The Bertz CT molecular complexity index is 932. The molecule has 5 nitrogen and oxygen atoms in total. The highest BCUT2D eigenvalue weighted by atomic mass is 32.2. The molecule has 2 aromatic carbocycles. The summed E-state index contributed by atoms with van der Waals surface area (Å²) in [4.78, 5) is 13.9. The second-order valence-electron chi connectivity index (χ2n) is 7.52. The molecule has 0 aliphatic carbocycles. The third kappa shape index (κ3) is 6.33. The van der Waals surface area contributed by atoms with E-state index in [0.717, 1.165) is 28.3 Å². The molecule has 0 radical (unpaired) electrons. The number of nitrogens with one attached hydrogen (secondary N) is 1. The Morgan fingerprint density at radius 3 is 2.63 bits per heavy atom. The average Bonchev–Trinajstić information content (AvgIpc) is 2.76. The van der Waals surface area contributed by atoms with E-state index in [1.165, 1.54) is 4.31 Å². The molecule has 0 aromatic heterocycles. The largest absolute Gasteiger partial charge is 0.325 e. The highest BCUT2D eigenvalue weighted by Crippen LogP contribution is 2.28. The molecule has 2 aromatic rings. The zero-order valence-corrected chi connectivity index (χ0v) is 19.1. The van der Waals surface area contributed by atoms with Gasteiger partial charge in [-0.1, -0.05) is 49.4 Å². The normalized spacial score (nSPS) is 17.6. The fourth-order valence-electron chi connectivity index (χ4n) is 3.73. The number of hydrogen-bond donors (Lipinski definition) is 1. The van der Waals surface area contributed by atoms with Crippen molar-refractivity contribution in [1.82, 2.24) is 4.31 Å². The first-order valence-corrected chi connectivity index (χ1v) is 13.1. The van der Waals surface area contributed by atoms with Crippen molar-refractivity contribution in [3.05, 3.63) is 60.2 Å². The lowest BCUT2D eigenvalue weighted by Crippen LogP contribution is -2.44. The van der Waals surface area contributed by atoms with Crippen molar-refractivity contribution in [2.75, 3.05) is 29.9 Å². The topological polar surface area (TPSA) is 66.5 Å². The van der Waals surface area contributed by atoms with E-state index in [1.807, 2.05) is 54.6 Å². The minimum atomic E-state index is -3.36. The summed E-state index contributed by atoms with van der Waals surface area (Å²) in [5.74, 6) is 0.628. The summed E-state index contributed by atoms with van der Waals surface area (Å²) >= 11 is 1.68. The number of piperidine rings is 1. The Hall–Kier alpha value is -1.83. The van der Waals surface area contributed by atoms with Crippen LogP contribution in [-0.2, 0) is 21.2 Å². The second kappa shape index (κ2) is 11.0. The van der Waals surface area contributed by atoms with Crippen molar-refractivity contribution in [1.29, 1.82) is 0 Å². The Morgan fingerprint density at radius 2 is 1.87 bits per heavy atom. The number of benzene rings is 2. The molecule has 0 bridgehead atoms. The second-order valence-corrected chi connectivity index (χ2v) is 10.9. The van der Waals surface area contributed by atoms with Crippen molar-refractivity contribution >= 4 is 33.4 Å². The number of hydrogen-bond acceptors (Lipinski definition) is 4. The van der Waals surface area contributed by atoms with E-state index in [0.29, 0.717) is 25.8 Å². The fourth-order valence-corrected chi connectivity index (χ4v) is 6.07. The van der Waals surface area contributed by atoms with Gasteiger partial charge in [-0.2, -0.15) is 0 Å². The molecule has 1 saturated heterocycles. The summed E-state index contributed by atoms with van der Waals surface area (Å²) in [5.41, 5.74) is 1.95. The van der Waals surface area contributed by atoms with E-state index < -0.39 is 10.0 Å². The molecule has 0 spiro atoms. The first kappa shape index (κ1) is 22.8. The van der Waals surface area contributed by atoms with Crippen molar-refractivity contribution in [3.63, 3.8) is 0 Å². The van der Waals surface area contributed by atoms with Crippen molar-refractivity contribution < 1.29 is 13.2 Å². The third-order valence-corrected chi connectivity index (χ3v) is 8.18. The lowest BCUT2D eigenvalue weighted by molar-refractivity contribution is -0.120. The van der Waals surface area contributed by atoms with Gasteiger partial charge in [0, 0.05) is 18.0 Å². The van der Waals surface area contributed by atoms with Crippen LogP contribution >= 0.6 is 11.8 Å². The summed E-state index contributed by atoms with van der Waals surface area (Å²) < 4.78 is 27.2. The van der Waals surface area contributed by atoms with Crippen molar-refractivity contribution in [2.45, 2.75) is 37.5 Å². The molecule has 1 atom stereocenters. The van der Waals surface area contributed by atoms with Crippen LogP contribution in [0.3, 0.4) is 0 Å². The molecular weight excluding hydrogens is 416 g/mol. The number of thioether (sulfide) groups is 1. The van der Waals surface area contributed by atoms with Gasteiger partial charge in [0.25, 0.3) is 0 Å². The summed E-state index contributed by atoms with van der Waals surface area (Å²) in [6.45, 7) is 2.84. The van der Waals surface area contributed by atoms with Crippen LogP contribution in [0, 0.1) is 5.92 Å². The first-order valence-electron chi connectivity index (χ1n) is 10.5. The van der Waals surface area contributed by atoms with Gasteiger partial charge < -0.3 is 5.32 Å². The zero-order valence-electron chi connectivity index (χ0n) is 17.4. The van der Waals surface area contributed by atoms with Gasteiger partial charge in [-0.05, 0) is 49.1 Å². The highest BCUT2D eigenvalue weighted by molar-refractivity contribution is 7.99. The molecular formula is C23H30N2O3S2. The summed E-state index contributed by atoms with van der Waals surface area (Å²) in [5, 5.41) is 3.02. The van der Waals surface area contributed by atoms with Gasteiger partial charge in [0.05, 0.1) is 17.4 Å². The van der Waals surface area contributed by atoms with Crippen LogP contribution in [0.4, 0.5) is 5.69 Å². The van der Waals surface area contributed by atoms with Crippen LogP contribution in [0.2, 0.25) is 0 Å². The maximum Gasteiger partial charge on any atom is 0.228 e. The lowest BCUT2D eigenvalue weighted by atomic mass is 9.99. The summed E-state index contributed by atoms with van der Waals surface area (Å²) in [6, 6.07) is 17.7. The standard InChI is InChI=1S/C23H30N2O3S2/c1-2-29-22-15-7-6-14-21(22)24-23(26)20-13-8-16-25(18-20)30(27,28)17-9-12-19-10-4-3-5-11-19/h3-7,10-11,14-15,20H,2,8-9,12-13,16-18H2,1H3,(H,24,26)/t20-/m1/s1. The molecule has 30 heavy (non-hydrogen) atoms. The molecule has 162 valence electrons. The Morgan fingerprint density at radius 1 is 1.13 bits per heavy atom. The van der Waals surface area contributed by atoms with E-state index in [2.05, 4.69) is 12.2 Å². The minimum absolute atomic E-state index is 0.0941. The van der Waals surface area contributed by atoms with Crippen LogP contribution in [0.1, 0.15) is 31.7 Å². The molecule has 1 aliphatic heterocycles. The van der Waals surface area contributed by atoms with Gasteiger partial charge in [0.15, 0.2) is 0 Å². The molecule has 1 heterocycles. The SMILES string of the molecule is CCSc1ccccc1NC(=O)[C@@H]1CCCN(S(=O)(=O)CCCc2ccccc2)C1. The number of aryl methyl sites for hydroxylation is 1. The van der Waals surface area contributed by atoms with Gasteiger partial charge in [-0.15, -0.1) is 11.8 Å². The molecule has 1 aliphatic rings. The third-order valence-electron chi connectivity index (χ3n) is 5.30. The van der Waals surface area contributed by atoms with Gasteiger partial charge >= 0.3 is 0 Å². The molecule has 0 unspecified atom stereocenters. The first-order chi connectivity index (χ1) is 14.5. The predicted octanol–water partition coefficient (Wildman–Crippen LogP) is 4.41. The van der Waals surface area contributed by atoms with Gasteiger partial charge in [-0.25, -0.2) is 12.7 Å². The van der Waals surface area contributed by atoms with E-state index in [1.54, 1.807) is 11.8 Å². The van der Waals surface area contributed by atoms with E-state index in [4.69, 9.17) is 0 Å². The smallest absolute Gasteiger partial charge is 0.228 e. The molecule has 1 fully saturated rings. The molecule has 0 saturated carbocycles. The van der Waals surface area contributed by atoms with Crippen molar-refractivity contribution in [2.24, 2.45) is 5.92 Å². The Balaban J connectivity index is 1.56. The van der Waals surface area contributed by atoms with Crippen LogP contribution < -0.4 is 5.32 Å². The summed E-state index contributed by atoms with van der Waals surface area (Å²) in [7, 11) is -3.36. The predicted molar refractivity (Wildman–Crippen MR) is 124 cm³/mol. The number of nitrogens with zero attached hydrogens (tertiary/aromatic N) is 1. The molecule has 1 amide bonds. The maximum absolute atomic E-state index is 12.9. The average molecular weight is 447 g/mol. The fraction of sp³-hybridized carbons (Fsp3) is 0.435. The van der Waals surface area contributed by atoms with Crippen LogP contribution in [0.5, 0.6) is 0 Å². The van der Waals surface area contributed by atoms with Crippen LogP contribution in [-0.4, -0.2) is 43.2 Å². The minimum Gasteiger partial charge on any atom is -0.325 e. The quantitative estimate of drug-likeness (QED) is 0.580. The molecule has 7 heteroatoms. The number of carbonyl (C=O) groups is 1. The summed E-state index contributed by atoms with van der Waals surface area (Å²) in [6.07, 6.45) is 2.75. The van der Waals surface area contributed by atoms with Gasteiger partial charge in [0.2, 0.25) is 15.9 Å². The molecule has 3 rings (SSSR count). The van der Waals surface area contributed by atoms with Gasteiger partial charge in [0.1, 0.15) is 0 Å². The lowest BCUT2D eigenvalue weighted by Gasteiger charge is -2.31. The van der Waals surface area contributed by atoms with Crippen LogP contribution in [0.15, 0.2) is 59.5 Å². The van der Waals surface area contributed by atoms with E-state index in [9.17, 15) is 13.2 Å².